The van der Waals surface area contributed by atoms with Gasteiger partial charge in [-0.05, 0) is 24.3 Å². The number of aliphatic carboxylic acids is 1. The Morgan fingerprint density at radius 1 is 1.27 bits per heavy atom. The van der Waals surface area contributed by atoms with Crippen LogP contribution in [0, 0.1) is 5.82 Å². The van der Waals surface area contributed by atoms with Crippen LogP contribution in [0.4, 0.5) is 10.1 Å². The summed E-state index contributed by atoms with van der Waals surface area (Å²) in [7, 11) is 0. The van der Waals surface area contributed by atoms with Crippen LogP contribution >= 0.6 is 11.3 Å². The van der Waals surface area contributed by atoms with Gasteiger partial charge in [0.2, 0.25) is 0 Å². The van der Waals surface area contributed by atoms with Gasteiger partial charge in [0.15, 0.2) is 6.10 Å². The normalized spacial score (nSPS) is 16.4. The van der Waals surface area contributed by atoms with E-state index in [-0.39, 0.29) is 12.1 Å². The van der Waals surface area contributed by atoms with Crippen molar-refractivity contribution in [2.24, 2.45) is 0 Å². The summed E-state index contributed by atoms with van der Waals surface area (Å²) in [6.45, 7) is 0.119. The first-order valence-corrected chi connectivity index (χ1v) is 8.67. The second kappa shape index (κ2) is 6.38. The molecule has 2 aromatic carbocycles. The van der Waals surface area contributed by atoms with Crippen LogP contribution in [-0.4, -0.2) is 28.1 Å². The molecule has 0 saturated heterocycles. The maximum atomic E-state index is 13.9. The first-order chi connectivity index (χ1) is 12.5. The Labute approximate surface area is 151 Å². The van der Waals surface area contributed by atoms with Crippen molar-refractivity contribution < 1.29 is 23.8 Å². The highest BCUT2D eigenvalue weighted by Crippen LogP contribution is 2.36. The molecule has 0 fully saturated rings. The van der Waals surface area contributed by atoms with Crippen LogP contribution < -0.4 is 9.64 Å². The number of nitrogens with zero attached hydrogens (tertiary/aromatic N) is 2. The number of anilines is 1. The summed E-state index contributed by atoms with van der Waals surface area (Å²) in [6, 6.07) is 11.6. The van der Waals surface area contributed by atoms with E-state index in [9.17, 15) is 14.0 Å². The molecule has 2 heterocycles. The molecule has 1 unspecified atom stereocenters. The smallest absolute Gasteiger partial charge is 0.307 e. The number of carbonyl (C=O) groups excluding carboxylic acids is 1. The fraction of sp³-hybridized carbons (Fsp3) is 0.167. The maximum Gasteiger partial charge on any atom is 0.307 e. The monoisotopic (exact) mass is 372 g/mol. The number of aromatic nitrogens is 1. The molecule has 0 bridgehead atoms. The van der Waals surface area contributed by atoms with Crippen LogP contribution in [0.15, 0.2) is 42.5 Å². The van der Waals surface area contributed by atoms with Gasteiger partial charge in [0.25, 0.3) is 5.91 Å². The molecule has 1 atom stereocenters. The number of hydrogen-bond donors (Lipinski definition) is 1. The average molecular weight is 372 g/mol. The van der Waals surface area contributed by atoms with E-state index in [0.717, 1.165) is 0 Å². The quantitative estimate of drug-likeness (QED) is 0.761. The molecule has 0 radical (unpaired) electrons. The Bertz CT molecular complexity index is 1020. The Kier molecular flexibility index (Phi) is 4.04. The van der Waals surface area contributed by atoms with E-state index in [0.29, 0.717) is 21.1 Å². The van der Waals surface area contributed by atoms with E-state index in [1.165, 1.54) is 22.3 Å². The number of carboxylic acid groups (broad SMARTS) is 1. The molecular weight excluding hydrogens is 359 g/mol. The lowest BCUT2D eigenvalue weighted by Gasteiger charge is -2.33. The minimum atomic E-state index is -1.12. The molecule has 0 saturated carbocycles. The Morgan fingerprint density at radius 3 is 2.85 bits per heavy atom. The molecule has 6 nitrogen and oxygen atoms in total. The zero-order chi connectivity index (χ0) is 18.3. The molecule has 4 rings (SSSR count). The van der Waals surface area contributed by atoms with Crippen LogP contribution in [0.2, 0.25) is 0 Å². The van der Waals surface area contributed by atoms with Gasteiger partial charge in [-0.3, -0.25) is 14.5 Å². The van der Waals surface area contributed by atoms with Gasteiger partial charge in [0.05, 0.1) is 23.4 Å². The summed E-state index contributed by atoms with van der Waals surface area (Å²) in [5.74, 6) is -1.55. The molecule has 26 heavy (non-hydrogen) atoms. The molecule has 1 aromatic heterocycles. The standard InChI is InChI=1S/C18H13FN2O4S/c19-10-4-3-7-14-17(10)20-15(26-14)9-21-11-5-1-2-6-12(11)25-13(18(21)24)8-16(22)23/h1-7,13H,8-9H2,(H,22,23). The van der Waals surface area contributed by atoms with E-state index in [1.807, 2.05) is 0 Å². The van der Waals surface area contributed by atoms with Crippen molar-refractivity contribution in [1.29, 1.82) is 0 Å². The van der Waals surface area contributed by atoms with Gasteiger partial charge < -0.3 is 9.84 Å². The second-order valence-electron chi connectivity index (χ2n) is 5.79. The van der Waals surface area contributed by atoms with Crippen LogP contribution in [0.3, 0.4) is 0 Å². The highest BCUT2D eigenvalue weighted by atomic mass is 32.1. The summed E-state index contributed by atoms with van der Waals surface area (Å²) < 4.78 is 20.1. The number of ether oxygens (including phenoxy) is 1. The van der Waals surface area contributed by atoms with Crippen LogP contribution in [0.5, 0.6) is 5.75 Å². The van der Waals surface area contributed by atoms with Crippen molar-refractivity contribution >= 4 is 39.1 Å². The van der Waals surface area contributed by atoms with Gasteiger partial charge in [0.1, 0.15) is 22.1 Å². The van der Waals surface area contributed by atoms with Crippen molar-refractivity contribution in [2.45, 2.75) is 19.1 Å². The van der Waals surface area contributed by atoms with E-state index >= 15 is 0 Å². The molecule has 1 amide bonds. The summed E-state index contributed by atoms with van der Waals surface area (Å²) in [5.41, 5.74) is 0.808. The molecule has 1 aliphatic rings. The number of para-hydroxylation sites is 3. The molecule has 0 aliphatic carbocycles. The third-order valence-electron chi connectivity index (χ3n) is 4.03. The molecule has 8 heteroatoms. The summed E-state index contributed by atoms with van der Waals surface area (Å²) in [4.78, 5) is 29.5. The second-order valence-corrected chi connectivity index (χ2v) is 6.91. The molecule has 0 spiro atoms. The van der Waals surface area contributed by atoms with Crippen molar-refractivity contribution in [1.82, 2.24) is 4.98 Å². The zero-order valence-corrected chi connectivity index (χ0v) is 14.2. The third kappa shape index (κ3) is 2.88. The van der Waals surface area contributed by atoms with Crippen LogP contribution in [0.25, 0.3) is 10.2 Å². The number of carboxylic acids is 1. The van der Waals surface area contributed by atoms with E-state index < -0.39 is 30.2 Å². The number of amides is 1. The number of halogens is 1. The summed E-state index contributed by atoms with van der Waals surface area (Å²) in [6.07, 6.45) is -1.54. The largest absolute Gasteiger partial charge is 0.481 e. The van der Waals surface area contributed by atoms with Gasteiger partial charge in [0, 0.05) is 0 Å². The van der Waals surface area contributed by atoms with Gasteiger partial charge in [-0.15, -0.1) is 11.3 Å². The number of fused-ring (bicyclic) bond motifs is 2. The highest BCUT2D eigenvalue weighted by molar-refractivity contribution is 7.18. The highest BCUT2D eigenvalue weighted by Gasteiger charge is 2.36. The van der Waals surface area contributed by atoms with Crippen LogP contribution in [-0.2, 0) is 16.1 Å². The fourth-order valence-electron chi connectivity index (χ4n) is 2.89. The molecule has 1 aliphatic heterocycles. The number of hydrogen-bond acceptors (Lipinski definition) is 5. The number of rotatable bonds is 4. The zero-order valence-electron chi connectivity index (χ0n) is 13.4. The third-order valence-corrected chi connectivity index (χ3v) is 5.04. The summed E-state index contributed by atoms with van der Waals surface area (Å²) >= 11 is 1.29. The number of thiazole rings is 1. The van der Waals surface area contributed by atoms with Crippen molar-refractivity contribution in [3.63, 3.8) is 0 Å². The Hall–Kier alpha value is -3.00. The van der Waals surface area contributed by atoms with Gasteiger partial charge in [-0.2, -0.15) is 0 Å². The van der Waals surface area contributed by atoms with Crippen molar-refractivity contribution in [3.05, 3.63) is 53.3 Å². The minimum absolute atomic E-state index is 0.119. The van der Waals surface area contributed by atoms with Gasteiger partial charge in [-0.1, -0.05) is 18.2 Å². The first-order valence-electron chi connectivity index (χ1n) is 7.85. The predicted octanol–water partition coefficient (Wildman–Crippen LogP) is 3.20. The lowest BCUT2D eigenvalue weighted by Crippen LogP contribution is -2.46. The van der Waals surface area contributed by atoms with Crippen molar-refractivity contribution in [3.8, 4) is 5.75 Å². The molecule has 3 aromatic rings. The Morgan fingerprint density at radius 2 is 2.08 bits per heavy atom. The maximum absolute atomic E-state index is 13.9. The van der Waals surface area contributed by atoms with Gasteiger partial charge in [-0.25, -0.2) is 9.37 Å². The van der Waals surface area contributed by atoms with E-state index in [2.05, 4.69) is 4.98 Å². The molecule has 1 N–H and O–H groups in total. The predicted molar refractivity (Wildman–Crippen MR) is 93.9 cm³/mol. The SMILES string of the molecule is O=C(O)CC1Oc2ccccc2N(Cc2nc3c(F)cccc3s2)C1=O. The number of benzene rings is 2. The Balaban J connectivity index is 1.71. The van der Waals surface area contributed by atoms with Crippen molar-refractivity contribution in [2.75, 3.05) is 4.90 Å². The molecular formula is C18H13FN2O4S. The fourth-order valence-corrected chi connectivity index (χ4v) is 3.86. The van der Waals surface area contributed by atoms with Crippen LogP contribution in [0.1, 0.15) is 11.4 Å². The van der Waals surface area contributed by atoms with E-state index in [4.69, 9.17) is 9.84 Å². The first kappa shape index (κ1) is 16.5. The molecule has 132 valence electrons. The summed E-state index contributed by atoms with van der Waals surface area (Å²) in [5, 5.41) is 9.59. The minimum Gasteiger partial charge on any atom is -0.481 e. The van der Waals surface area contributed by atoms with E-state index in [1.54, 1.807) is 36.4 Å². The average Bonchev–Trinajstić information content (AvgIpc) is 3.02. The lowest BCUT2D eigenvalue weighted by atomic mass is 10.1. The topological polar surface area (TPSA) is 79.7 Å². The lowest BCUT2D eigenvalue weighted by molar-refractivity contribution is -0.142. The number of carbonyl (C=O) groups is 2. The van der Waals surface area contributed by atoms with Gasteiger partial charge >= 0.3 is 5.97 Å².